The Bertz CT molecular complexity index is 770. The molecule has 0 spiro atoms. The van der Waals surface area contributed by atoms with E-state index in [4.69, 9.17) is 15.0 Å². The molecule has 3 rings (SSSR count). The zero-order valence-electron chi connectivity index (χ0n) is 13.3. The van der Waals surface area contributed by atoms with Gasteiger partial charge in [0.1, 0.15) is 5.56 Å². The summed E-state index contributed by atoms with van der Waals surface area (Å²) in [7, 11) is 0. The summed E-state index contributed by atoms with van der Waals surface area (Å²) in [6.45, 7) is 3.70. The van der Waals surface area contributed by atoms with Crippen molar-refractivity contribution in [2.75, 3.05) is 22.9 Å². The monoisotopic (exact) mass is 347 g/mol. The van der Waals surface area contributed by atoms with Crippen LogP contribution >= 0.6 is 11.8 Å². The minimum Gasteiger partial charge on any atom is -0.449 e. The molecule has 0 unspecified atom stereocenters. The second-order valence-electron chi connectivity index (χ2n) is 5.36. The number of aromatic nitrogens is 1. The molecule has 126 valence electrons. The normalized spacial score (nSPS) is 14.8. The van der Waals surface area contributed by atoms with Gasteiger partial charge in [-0.05, 0) is 26.0 Å². The van der Waals surface area contributed by atoms with Crippen LogP contribution in [0.15, 0.2) is 33.7 Å². The van der Waals surface area contributed by atoms with E-state index in [0.29, 0.717) is 12.2 Å². The smallest absolute Gasteiger partial charge is 0.346 e. The molecule has 2 heterocycles. The van der Waals surface area contributed by atoms with Crippen molar-refractivity contribution in [2.24, 2.45) is 0 Å². The van der Waals surface area contributed by atoms with Crippen molar-refractivity contribution in [1.29, 1.82) is 0 Å². The number of esters is 1. The number of benzene rings is 1. The molecule has 0 saturated heterocycles. The highest BCUT2D eigenvalue weighted by atomic mass is 32.2. The molecule has 1 aliphatic rings. The summed E-state index contributed by atoms with van der Waals surface area (Å²) in [5.41, 5.74) is 6.80. The summed E-state index contributed by atoms with van der Waals surface area (Å²) < 4.78 is 10.0. The number of carbonyl (C=O) groups is 2. The van der Waals surface area contributed by atoms with Gasteiger partial charge < -0.3 is 19.9 Å². The van der Waals surface area contributed by atoms with Gasteiger partial charge in [-0.25, -0.2) is 4.79 Å². The number of carbonyl (C=O) groups excluding carboxylic acids is 2. The number of nitrogens with zero attached hydrogens (tertiary/aromatic N) is 2. The minimum absolute atomic E-state index is 0.0595. The Morgan fingerprint density at radius 2 is 2.17 bits per heavy atom. The molecule has 8 heteroatoms. The Balaban J connectivity index is 1.75. The van der Waals surface area contributed by atoms with Crippen LogP contribution in [0.3, 0.4) is 0 Å². The van der Waals surface area contributed by atoms with Crippen LogP contribution in [0.5, 0.6) is 0 Å². The molecule has 2 N–H and O–H groups in total. The summed E-state index contributed by atoms with van der Waals surface area (Å²) >= 11 is 1.70. The fraction of sp³-hybridized carbons (Fsp3) is 0.312. The van der Waals surface area contributed by atoms with Crippen LogP contribution in [-0.2, 0) is 9.53 Å². The Morgan fingerprint density at radius 3 is 2.88 bits per heavy atom. The van der Waals surface area contributed by atoms with Crippen molar-refractivity contribution < 1.29 is 18.8 Å². The van der Waals surface area contributed by atoms with Crippen LogP contribution in [0, 0.1) is 6.92 Å². The van der Waals surface area contributed by atoms with Crippen LogP contribution in [0.1, 0.15) is 23.0 Å². The maximum Gasteiger partial charge on any atom is 0.346 e. The van der Waals surface area contributed by atoms with Crippen molar-refractivity contribution >= 4 is 35.2 Å². The van der Waals surface area contributed by atoms with Crippen molar-refractivity contribution in [1.82, 2.24) is 5.16 Å². The summed E-state index contributed by atoms with van der Waals surface area (Å²) in [4.78, 5) is 27.6. The molecule has 0 fully saturated rings. The number of fused-ring (bicyclic) bond motifs is 1. The van der Waals surface area contributed by atoms with Gasteiger partial charge in [-0.15, -0.1) is 11.8 Å². The molecular weight excluding hydrogens is 330 g/mol. The second-order valence-corrected chi connectivity index (χ2v) is 6.50. The summed E-state index contributed by atoms with van der Waals surface area (Å²) in [5.74, 6) is -0.311. The average Bonchev–Trinajstić information content (AvgIpc) is 2.92. The second kappa shape index (κ2) is 6.56. The van der Waals surface area contributed by atoms with Crippen LogP contribution in [0.2, 0.25) is 0 Å². The van der Waals surface area contributed by atoms with Gasteiger partial charge in [0.2, 0.25) is 5.88 Å². The molecule has 1 aromatic heterocycles. The summed E-state index contributed by atoms with van der Waals surface area (Å²) in [6.07, 6.45) is -0.942. The first-order chi connectivity index (χ1) is 11.5. The van der Waals surface area contributed by atoms with E-state index in [1.165, 1.54) is 0 Å². The maximum atomic E-state index is 12.7. The van der Waals surface area contributed by atoms with E-state index in [0.717, 1.165) is 16.3 Å². The molecule has 1 atom stereocenters. The Hall–Kier alpha value is -2.48. The number of para-hydroxylation sites is 1. The number of anilines is 2. The van der Waals surface area contributed by atoms with E-state index in [1.807, 2.05) is 24.3 Å². The van der Waals surface area contributed by atoms with E-state index in [2.05, 4.69) is 5.16 Å². The largest absolute Gasteiger partial charge is 0.449 e. The fourth-order valence-electron chi connectivity index (χ4n) is 2.52. The quantitative estimate of drug-likeness (QED) is 0.850. The first kappa shape index (κ1) is 16.4. The number of aryl methyl sites for hydroxylation is 1. The highest BCUT2D eigenvalue weighted by Crippen LogP contribution is 2.34. The van der Waals surface area contributed by atoms with Crippen LogP contribution in [0.25, 0.3) is 0 Å². The van der Waals surface area contributed by atoms with Gasteiger partial charge in [0.05, 0.1) is 11.4 Å². The standard InChI is InChI=1S/C16H17N3O4S/c1-9-13(14(17)23-18-9)16(21)22-10(2)15(20)19-7-8-24-12-6-4-3-5-11(12)19/h3-6,10H,7-8,17H2,1-2H3/t10-/m0/s1. The first-order valence-electron chi connectivity index (χ1n) is 7.45. The number of amides is 1. The molecule has 1 amide bonds. The Morgan fingerprint density at radius 1 is 1.42 bits per heavy atom. The lowest BCUT2D eigenvalue weighted by Gasteiger charge is -2.30. The van der Waals surface area contributed by atoms with Crippen LogP contribution < -0.4 is 10.6 Å². The van der Waals surface area contributed by atoms with Gasteiger partial charge in [0.15, 0.2) is 6.10 Å². The Kier molecular flexibility index (Phi) is 4.48. The zero-order valence-corrected chi connectivity index (χ0v) is 14.1. The molecule has 0 bridgehead atoms. The Labute approximate surface area is 143 Å². The molecular formula is C16H17N3O4S. The number of thioether (sulfide) groups is 1. The molecule has 7 nitrogen and oxygen atoms in total. The predicted octanol–water partition coefficient (Wildman–Crippen LogP) is 2.25. The van der Waals surface area contributed by atoms with Gasteiger partial charge in [-0.3, -0.25) is 4.79 Å². The lowest BCUT2D eigenvalue weighted by atomic mass is 10.2. The minimum atomic E-state index is -0.942. The van der Waals surface area contributed by atoms with Crippen molar-refractivity contribution in [3.05, 3.63) is 35.5 Å². The van der Waals surface area contributed by atoms with Gasteiger partial charge >= 0.3 is 5.97 Å². The van der Waals surface area contributed by atoms with Crippen LogP contribution in [0.4, 0.5) is 11.6 Å². The topological polar surface area (TPSA) is 98.7 Å². The molecule has 0 radical (unpaired) electrons. The lowest BCUT2D eigenvalue weighted by molar-refractivity contribution is -0.126. The number of hydrogen-bond acceptors (Lipinski definition) is 7. The van der Waals surface area contributed by atoms with Crippen molar-refractivity contribution in [2.45, 2.75) is 24.8 Å². The van der Waals surface area contributed by atoms with Gasteiger partial charge in [-0.2, -0.15) is 0 Å². The highest BCUT2D eigenvalue weighted by Gasteiger charge is 2.30. The SMILES string of the molecule is Cc1noc(N)c1C(=O)O[C@@H](C)C(=O)N1CCSc2ccccc21. The number of ether oxygens (including phenoxy) is 1. The number of rotatable bonds is 3. The van der Waals surface area contributed by atoms with Crippen molar-refractivity contribution in [3.63, 3.8) is 0 Å². The number of nitrogens with two attached hydrogens (primary N) is 1. The number of nitrogen functional groups attached to an aromatic ring is 1. The third kappa shape index (κ3) is 2.96. The molecule has 0 saturated carbocycles. The van der Waals surface area contributed by atoms with Gasteiger partial charge in [0.25, 0.3) is 5.91 Å². The summed E-state index contributed by atoms with van der Waals surface area (Å²) in [6, 6.07) is 7.66. The van der Waals surface area contributed by atoms with Gasteiger partial charge in [0, 0.05) is 17.2 Å². The third-order valence-corrected chi connectivity index (χ3v) is 4.76. The van der Waals surface area contributed by atoms with Crippen molar-refractivity contribution in [3.8, 4) is 0 Å². The fourth-order valence-corrected chi connectivity index (χ4v) is 3.52. The van der Waals surface area contributed by atoms with E-state index in [-0.39, 0.29) is 17.4 Å². The van der Waals surface area contributed by atoms with Gasteiger partial charge in [-0.1, -0.05) is 17.3 Å². The van der Waals surface area contributed by atoms with E-state index in [1.54, 1.807) is 30.5 Å². The summed E-state index contributed by atoms with van der Waals surface area (Å²) in [5, 5.41) is 3.61. The number of hydrogen-bond donors (Lipinski definition) is 1. The first-order valence-corrected chi connectivity index (χ1v) is 8.43. The predicted molar refractivity (Wildman–Crippen MR) is 90.0 cm³/mol. The lowest BCUT2D eigenvalue weighted by Crippen LogP contribution is -2.42. The van der Waals surface area contributed by atoms with E-state index >= 15 is 0 Å². The van der Waals surface area contributed by atoms with E-state index < -0.39 is 12.1 Å². The molecule has 2 aromatic rings. The molecule has 0 aliphatic carbocycles. The highest BCUT2D eigenvalue weighted by molar-refractivity contribution is 7.99. The third-order valence-electron chi connectivity index (χ3n) is 3.72. The molecule has 1 aromatic carbocycles. The average molecular weight is 347 g/mol. The maximum absolute atomic E-state index is 12.7. The van der Waals surface area contributed by atoms with Crippen LogP contribution in [-0.4, -0.2) is 35.4 Å². The zero-order chi connectivity index (χ0) is 17.3. The molecule has 24 heavy (non-hydrogen) atoms. The van der Waals surface area contributed by atoms with E-state index in [9.17, 15) is 9.59 Å². The molecule has 1 aliphatic heterocycles.